The van der Waals surface area contributed by atoms with Crippen LogP contribution in [0.25, 0.3) is 0 Å². The van der Waals surface area contributed by atoms with Gasteiger partial charge in [-0.25, -0.2) is 0 Å². The SMILES string of the molecule is C=CCN(CC)c1cnccc1CN. The molecule has 0 saturated heterocycles. The van der Waals surface area contributed by atoms with Crippen LogP contribution in [0.2, 0.25) is 0 Å². The van der Waals surface area contributed by atoms with Crippen molar-refractivity contribution < 1.29 is 0 Å². The first-order valence-corrected chi connectivity index (χ1v) is 4.82. The molecule has 14 heavy (non-hydrogen) atoms. The molecule has 2 N–H and O–H groups in total. The van der Waals surface area contributed by atoms with Gasteiger partial charge in [0.15, 0.2) is 0 Å². The van der Waals surface area contributed by atoms with Crippen LogP contribution in [0.15, 0.2) is 31.1 Å². The van der Waals surface area contributed by atoms with E-state index in [2.05, 4.69) is 23.4 Å². The summed E-state index contributed by atoms with van der Waals surface area (Å²) in [4.78, 5) is 6.31. The molecule has 3 nitrogen and oxygen atoms in total. The third-order valence-corrected chi connectivity index (χ3v) is 2.18. The van der Waals surface area contributed by atoms with Crippen molar-refractivity contribution in [2.24, 2.45) is 5.73 Å². The summed E-state index contributed by atoms with van der Waals surface area (Å²) in [6, 6.07) is 1.96. The van der Waals surface area contributed by atoms with Crippen molar-refractivity contribution in [2.75, 3.05) is 18.0 Å². The van der Waals surface area contributed by atoms with E-state index < -0.39 is 0 Å². The van der Waals surface area contributed by atoms with Gasteiger partial charge in [0.1, 0.15) is 0 Å². The van der Waals surface area contributed by atoms with Gasteiger partial charge in [-0.3, -0.25) is 4.98 Å². The Hall–Kier alpha value is -1.35. The van der Waals surface area contributed by atoms with Gasteiger partial charge in [0.2, 0.25) is 0 Å². The minimum atomic E-state index is 0.547. The first-order valence-electron chi connectivity index (χ1n) is 4.82. The number of nitrogens with two attached hydrogens (primary N) is 1. The molecule has 0 aromatic carbocycles. The van der Waals surface area contributed by atoms with Crippen LogP contribution >= 0.6 is 0 Å². The fourth-order valence-electron chi connectivity index (χ4n) is 1.43. The normalized spacial score (nSPS) is 9.86. The van der Waals surface area contributed by atoms with Gasteiger partial charge in [-0.1, -0.05) is 6.08 Å². The Kier molecular flexibility index (Phi) is 4.13. The maximum absolute atomic E-state index is 5.66. The van der Waals surface area contributed by atoms with E-state index >= 15 is 0 Å². The molecule has 0 radical (unpaired) electrons. The van der Waals surface area contributed by atoms with Crippen LogP contribution in [0.4, 0.5) is 5.69 Å². The molecular weight excluding hydrogens is 174 g/mol. The second-order valence-electron chi connectivity index (χ2n) is 3.04. The molecule has 0 aliphatic heterocycles. The monoisotopic (exact) mass is 191 g/mol. The summed E-state index contributed by atoms with van der Waals surface area (Å²) in [5.74, 6) is 0. The van der Waals surface area contributed by atoms with E-state index in [1.54, 1.807) is 6.20 Å². The lowest BCUT2D eigenvalue weighted by molar-refractivity contribution is 0.883. The van der Waals surface area contributed by atoms with Gasteiger partial charge in [-0.2, -0.15) is 0 Å². The molecule has 3 heteroatoms. The van der Waals surface area contributed by atoms with Crippen LogP contribution in [0, 0.1) is 0 Å². The Labute approximate surface area is 85.3 Å². The van der Waals surface area contributed by atoms with Gasteiger partial charge in [-0.05, 0) is 18.6 Å². The zero-order valence-corrected chi connectivity index (χ0v) is 8.61. The van der Waals surface area contributed by atoms with Gasteiger partial charge in [-0.15, -0.1) is 6.58 Å². The Morgan fingerprint density at radius 1 is 1.64 bits per heavy atom. The number of hydrogen-bond acceptors (Lipinski definition) is 3. The van der Waals surface area contributed by atoms with Gasteiger partial charge in [0.25, 0.3) is 0 Å². The highest BCUT2D eigenvalue weighted by Gasteiger charge is 2.06. The molecule has 0 atom stereocenters. The van der Waals surface area contributed by atoms with Crippen molar-refractivity contribution in [1.29, 1.82) is 0 Å². The molecule has 1 rings (SSSR count). The van der Waals surface area contributed by atoms with Crippen LogP contribution in [-0.4, -0.2) is 18.1 Å². The summed E-state index contributed by atoms with van der Waals surface area (Å²) in [6.07, 6.45) is 5.51. The number of nitrogens with zero attached hydrogens (tertiary/aromatic N) is 2. The summed E-state index contributed by atoms with van der Waals surface area (Å²) >= 11 is 0. The fourth-order valence-corrected chi connectivity index (χ4v) is 1.43. The maximum atomic E-state index is 5.66. The third-order valence-electron chi connectivity index (χ3n) is 2.18. The van der Waals surface area contributed by atoms with E-state index in [0.29, 0.717) is 6.54 Å². The van der Waals surface area contributed by atoms with Crippen LogP contribution in [0.5, 0.6) is 0 Å². The lowest BCUT2D eigenvalue weighted by atomic mass is 10.2. The second kappa shape index (κ2) is 5.40. The standard InChI is InChI=1S/C11H17N3/c1-3-7-14(4-2)11-9-13-6-5-10(11)8-12/h3,5-6,9H,1,4,7-8,12H2,2H3. The topological polar surface area (TPSA) is 42.2 Å². The predicted molar refractivity (Wildman–Crippen MR) is 60.2 cm³/mol. The van der Waals surface area contributed by atoms with Gasteiger partial charge >= 0.3 is 0 Å². The van der Waals surface area contributed by atoms with Gasteiger partial charge in [0.05, 0.1) is 11.9 Å². The first-order chi connectivity index (χ1) is 6.83. The number of hydrogen-bond donors (Lipinski definition) is 1. The van der Waals surface area contributed by atoms with Crippen LogP contribution in [0.1, 0.15) is 12.5 Å². The van der Waals surface area contributed by atoms with E-state index in [0.717, 1.165) is 24.3 Å². The van der Waals surface area contributed by atoms with Crippen LogP contribution in [0.3, 0.4) is 0 Å². The van der Waals surface area contributed by atoms with E-state index in [-0.39, 0.29) is 0 Å². The summed E-state index contributed by atoms with van der Waals surface area (Å²) in [5.41, 5.74) is 7.90. The zero-order valence-electron chi connectivity index (χ0n) is 8.61. The largest absolute Gasteiger partial charge is 0.367 e. The molecule has 76 valence electrons. The lowest BCUT2D eigenvalue weighted by Gasteiger charge is -2.23. The zero-order chi connectivity index (χ0) is 10.4. The maximum Gasteiger partial charge on any atom is 0.0600 e. The summed E-state index contributed by atoms with van der Waals surface area (Å²) in [5, 5.41) is 0. The summed E-state index contributed by atoms with van der Waals surface area (Å²) in [7, 11) is 0. The van der Waals surface area contributed by atoms with E-state index in [9.17, 15) is 0 Å². The van der Waals surface area contributed by atoms with Gasteiger partial charge in [0, 0.05) is 25.8 Å². The Bertz CT molecular complexity index is 296. The van der Waals surface area contributed by atoms with Gasteiger partial charge < -0.3 is 10.6 Å². The third kappa shape index (κ3) is 2.33. The molecule has 0 unspecified atom stereocenters. The van der Waals surface area contributed by atoms with Crippen molar-refractivity contribution in [1.82, 2.24) is 4.98 Å². The molecule has 0 aliphatic carbocycles. The second-order valence-corrected chi connectivity index (χ2v) is 3.04. The molecule has 0 spiro atoms. The summed E-state index contributed by atoms with van der Waals surface area (Å²) in [6.45, 7) is 8.15. The number of pyridine rings is 1. The average Bonchev–Trinajstić information content (AvgIpc) is 2.26. The van der Waals surface area contributed by atoms with E-state index in [1.165, 1.54) is 0 Å². The number of aromatic nitrogens is 1. The minimum Gasteiger partial charge on any atom is -0.367 e. The van der Waals surface area contributed by atoms with Crippen molar-refractivity contribution in [3.05, 3.63) is 36.7 Å². The number of rotatable bonds is 5. The van der Waals surface area contributed by atoms with Crippen molar-refractivity contribution in [2.45, 2.75) is 13.5 Å². The van der Waals surface area contributed by atoms with Crippen molar-refractivity contribution in [3.8, 4) is 0 Å². The Morgan fingerprint density at radius 2 is 2.43 bits per heavy atom. The quantitative estimate of drug-likeness (QED) is 0.718. The first kappa shape index (κ1) is 10.7. The minimum absolute atomic E-state index is 0.547. The average molecular weight is 191 g/mol. The highest BCUT2D eigenvalue weighted by Crippen LogP contribution is 2.17. The molecule has 1 aromatic heterocycles. The molecule has 0 bridgehead atoms. The predicted octanol–water partition coefficient (Wildman–Crippen LogP) is 1.55. The highest BCUT2D eigenvalue weighted by atomic mass is 15.1. The van der Waals surface area contributed by atoms with Crippen LogP contribution in [-0.2, 0) is 6.54 Å². The lowest BCUT2D eigenvalue weighted by Crippen LogP contribution is -2.24. The van der Waals surface area contributed by atoms with E-state index in [4.69, 9.17) is 5.73 Å². The molecule has 0 amide bonds. The highest BCUT2D eigenvalue weighted by molar-refractivity contribution is 5.51. The van der Waals surface area contributed by atoms with Crippen molar-refractivity contribution >= 4 is 5.69 Å². The summed E-state index contributed by atoms with van der Waals surface area (Å²) < 4.78 is 0. The van der Waals surface area contributed by atoms with E-state index in [1.807, 2.05) is 18.3 Å². The molecular formula is C11H17N3. The van der Waals surface area contributed by atoms with Crippen LogP contribution < -0.4 is 10.6 Å². The number of anilines is 1. The molecule has 0 fully saturated rings. The Morgan fingerprint density at radius 3 is 3.00 bits per heavy atom. The fraction of sp³-hybridized carbons (Fsp3) is 0.364. The number of likely N-dealkylation sites (N-methyl/N-ethyl adjacent to an activating group) is 1. The molecule has 1 aromatic rings. The Balaban J connectivity index is 2.95. The molecule has 0 aliphatic rings. The van der Waals surface area contributed by atoms with Crippen molar-refractivity contribution in [3.63, 3.8) is 0 Å². The molecule has 0 saturated carbocycles. The smallest absolute Gasteiger partial charge is 0.0600 e. The molecule has 1 heterocycles.